The second-order valence-corrected chi connectivity index (χ2v) is 7.93. The first-order valence-corrected chi connectivity index (χ1v) is 10.4. The van der Waals surface area contributed by atoms with Gasteiger partial charge in [-0.15, -0.1) is 0 Å². The molecule has 1 heterocycles. The smallest absolute Gasteiger partial charge is 0.253 e. The number of benzene rings is 2. The molecule has 1 atom stereocenters. The van der Waals surface area contributed by atoms with Crippen LogP contribution in [0.15, 0.2) is 48.5 Å². The molecule has 0 spiro atoms. The monoisotopic (exact) mass is 427 g/mol. The maximum Gasteiger partial charge on any atom is 0.253 e. The summed E-state index contributed by atoms with van der Waals surface area (Å²) in [5.74, 6) is -0.162. The largest absolute Gasteiger partial charge is 0.337 e. The number of halogens is 1. The standard InChI is InChI=1S/C23H26ClN3O3/c1-16(22(29)25-21-9-7-18(8-10-21)17(2)28)26-11-4-12-27(14-13-26)23(30)19-5-3-6-20(24)15-19/h3,5-10,15-16H,4,11-14H2,1-2H3,(H,25,29). The van der Waals surface area contributed by atoms with Gasteiger partial charge in [0.1, 0.15) is 0 Å². The fourth-order valence-corrected chi connectivity index (χ4v) is 3.72. The summed E-state index contributed by atoms with van der Waals surface area (Å²) in [5, 5.41) is 3.45. The van der Waals surface area contributed by atoms with Gasteiger partial charge in [0, 0.05) is 48.0 Å². The number of nitrogens with one attached hydrogen (secondary N) is 1. The molecule has 1 aliphatic heterocycles. The normalized spacial score (nSPS) is 15.9. The van der Waals surface area contributed by atoms with Crippen molar-refractivity contribution in [2.24, 2.45) is 0 Å². The average Bonchev–Trinajstić information content (AvgIpc) is 2.99. The molecule has 0 saturated carbocycles. The molecule has 1 unspecified atom stereocenters. The Kier molecular flexibility index (Phi) is 7.24. The summed E-state index contributed by atoms with van der Waals surface area (Å²) in [4.78, 5) is 40.8. The number of amides is 2. The van der Waals surface area contributed by atoms with Crippen molar-refractivity contribution < 1.29 is 14.4 Å². The molecule has 2 aromatic rings. The summed E-state index contributed by atoms with van der Waals surface area (Å²) in [6, 6.07) is 13.5. The molecular weight excluding hydrogens is 402 g/mol. The number of carbonyl (C=O) groups is 3. The highest BCUT2D eigenvalue weighted by Gasteiger charge is 2.26. The number of hydrogen-bond acceptors (Lipinski definition) is 4. The second-order valence-electron chi connectivity index (χ2n) is 7.49. The first-order valence-electron chi connectivity index (χ1n) is 10.1. The number of hydrogen-bond donors (Lipinski definition) is 1. The number of nitrogens with zero attached hydrogens (tertiary/aromatic N) is 2. The van der Waals surface area contributed by atoms with Crippen LogP contribution in [0.2, 0.25) is 5.02 Å². The van der Waals surface area contributed by atoms with Gasteiger partial charge in [-0.1, -0.05) is 17.7 Å². The maximum atomic E-state index is 12.8. The van der Waals surface area contributed by atoms with Crippen molar-refractivity contribution >= 4 is 34.9 Å². The van der Waals surface area contributed by atoms with Crippen molar-refractivity contribution in [2.75, 3.05) is 31.5 Å². The zero-order valence-corrected chi connectivity index (χ0v) is 18.0. The molecule has 1 aliphatic rings. The van der Waals surface area contributed by atoms with Gasteiger partial charge in [-0.05, 0) is 62.7 Å². The number of anilines is 1. The Bertz CT molecular complexity index is 930. The second kappa shape index (κ2) is 9.87. The summed E-state index contributed by atoms with van der Waals surface area (Å²) in [7, 11) is 0. The molecule has 30 heavy (non-hydrogen) atoms. The van der Waals surface area contributed by atoms with Gasteiger partial charge in [-0.3, -0.25) is 19.3 Å². The van der Waals surface area contributed by atoms with E-state index < -0.39 is 0 Å². The van der Waals surface area contributed by atoms with E-state index in [0.29, 0.717) is 41.5 Å². The molecule has 2 aromatic carbocycles. The third-order valence-corrected chi connectivity index (χ3v) is 5.61. The van der Waals surface area contributed by atoms with Gasteiger partial charge in [-0.2, -0.15) is 0 Å². The van der Waals surface area contributed by atoms with Crippen molar-refractivity contribution in [3.05, 3.63) is 64.7 Å². The van der Waals surface area contributed by atoms with E-state index >= 15 is 0 Å². The third-order valence-electron chi connectivity index (χ3n) is 5.38. The van der Waals surface area contributed by atoms with Crippen LogP contribution >= 0.6 is 11.6 Å². The number of ketones is 1. The van der Waals surface area contributed by atoms with Crippen LogP contribution in [0.1, 0.15) is 41.0 Å². The van der Waals surface area contributed by atoms with Crippen LogP contribution in [-0.2, 0) is 4.79 Å². The van der Waals surface area contributed by atoms with E-state index in [2.05, 4.69) is 10.2 Å². The van der Waals surface area contributed by atoms with Crippen molar-refractivity contribution in [1.29, 1.82) is 0 Å². The molecule has 7 heteroatoms. The maximum absolute atomic E-state index is 12.8. The summed E-state index contributed by atoms with van der Waals surface area (Å²) in [6.07, 6.45) is 0.789. The molecule has 6 nitrogen and oxygen atoms in total. The van der Waals surface area contributed by atoms with Gasteiger partial charge in [0.2, 0.25) is 5.91 Å². The minimum atomic E-state index is -0.335. The Labute approximate surface area is 181 Å². The molecule has 0 bridgehead atoms. The van der Waals surface area contributed by atoms with E-state index in [9.17, 15) is 14.4 Å². The Morgan fingerprint density at radius 3 is 2.37 bits per heavy atom. The lowest BCUT2D eigenvalue weighted by molar-refractivity contribution is -0.120. The quantitative estimate of drug-likeness (QED) is 0.738. The van der Waals surface area contributed by atoms with Crippen LogP contribution in [0.3, 0.4) is 0 Å². The van der Waals surface area contributed by atoms with Gasteiger partial charge in [0.25, 0.3) is 5.91 Å². The lowest BCUT2D eigenvalue weighted by Crippen LogP contribution is -2.44. The van der Waals surface area contributed by atoms with Crippen LogP contribution < -0.4 is 5.32 Å². The zero-order chi connectivity index (χ0) is 21.7. The van der Waals surface area contributed by atoms with E-state index in [-0.39, 0.29) is 23.6 Å². The Morgan fingerprint density at radius 2 is 1.70 bits per heavy atom. The summed E-state index contributed by atoms with van der Waals surface area (Å²) < 4.78 is 0. The van der Waals surface area contributed by atoms with Crippen molar-refractivity contribution in [3.8, 4) is 0 Å². The van der Waals surface area contributed by atoms with E-state index in [1.165, 1.54) is 6.92 Å². The van der Waals surface area contributed by atoms with Gasteiger partial charge in [0.05, 0.1) is 6.04 Å². The number of rotatable bonds is 5. The fourth-order valence-electron chi connectivity index (χ4n) is 3.53. The molecule has 1 saturated heterocycles. The van der Waals surface area contributed by atoms with Crippen LogP contribution in [-0.4, -0.2) is 59.6 Å². The molecule has 0 aliphatic carbocycles. The highest BCUT2D eigenvalue weighted by atomic mass is 35.5. The summed E-state index contributed by atoms with van der Waals surface area (Å²) in [6.45, 7) is 5.92. The summed E-state index contributed by atoms with van der Waals surface area (Å²) in [5.41, 5.74) is 1.85. The van der Waals surface area contributed by atoms with Crippen molar-refractivity contribution in [3.63, 3.8) is 0 Å². The lowest BCUT2D eigenvalue weighted by atomic mass is 10.1. The fraction of sp³-hybridized carbons (Fsp3) is 0.348. The van der Waals surface area contributed by atoms with E-state index in [1.807, 2.05) is 11.8 Å². The van der Waals surface area contributed by atoms with Gasteiger partial charge in [0.15, 0.2) is 5.78 Å². The molecule has 0 radical (unpaired) electrons. The topological polar surface area (TPSA) is 69.7 Å². The average molecular weight is 428 g/mol. The number of carbonyl (C=O) groups excluding carboxylic acids is 3. The van der Waals surface area contributed by atoms with E-state index in [1.54, 1.807) is 48.5 Å². The van der Waals surface area contributed by atoms with Crippen molar-refractivity contribution in [1.82, 2.24) is 9.80 Å². The first kappa shape index (κ1) is 22.0. The SMILES string of the molecule is CC(=O)c1ccc(NC(=O)C(C)N2CCCN(C(=O)c3cccc(Cl)c3)CC2)cc1. The van der Waals surface area contributed by atoms with Crippen molar-refractivity contribution in [2.45, 2.75) is 26.3 Å². The predicted octanol–water partition coefficient (Wildman–Crippen LogP) is 3.72. The molecule has 158 valence electrons. The van der Waals surface area contributed by atoms with Crippen LogP contribution in [0.25, 0.3) is 0 Å². The lowest BCUT2D eigenvalue weighted by Gasteiger charge is -2.27. The third kappa shape index (κ3) is 5.46. The molecule has 2 amide bonds. The molecular formula is C23H26ClN3O3. The van der Waals surface area contributed by atoms with E-state index in [4.69, 9.17) is 11.6 Å². The Morgan fingerprint density at radius 1 is 0.967 bits per heavy atom. The molecule has 0 aromatic heterocycles. The zero-order valence-electron chi connectivity index (χ0n) is 17.2. The van der Waals surface area contributed by atoms with Gasteiger partial charge in [-0.25, -0.2) is 0 Å². The first-order chi connectivity index (χ1) is 14.3. The van der Waals surface area contributed by atoms with E-state index in [0.717, 1.165) is 13.0 Å². The predicted molar refractivity (Wildman–Crippen MR) is 118 cm³/mol. The molecule has 3 rings (SSSR count). The van der Waals surface area contributed by atoms with Crippen LogP contribution in [0.5, 0.6) is 0 Å². The number of Topliss-reactive ketones (excluding diaryl/α,β-unsaturated/α-hetero) is 1. The Balaban J connectivity index is 1.58. The Hall–Kier alpha value is -2.70. The minimum Gasteiger partial charge on any atom is -0.337 e. The highest BCUT2D eigenvalue weighted by molar-refractivity contribution is 6.30. The molecule has 1 N–H and O–H groups in total. The van der Waals surface area contributed by atoms with Gasteiger partial charge >= 0.3 is 0 Å². The van der Waals surface area contributed by atoms with Gasteiger partial charge < -0.3 is 10.2 Å². The summed E-state index contributed by atoms with van der Waals surface area (Å²) >= 11 is 6.01. The van der Waals surface area contributed by atoms with Crippen LogP contribution in [0, 0.1) is 0 Å². The van der Waals surface area contributed by atoms with Crippen LogP contribution in [0.4, 0.5) is 5.69 Å². The minimum absolute atomic E-state index is 0.0114. The molecule has 1 fully saturated rings. The highest BCUT2D eigenvalue weighted by Crippen LogP contribution is 2.16.